The summed E-state index contributed by atoms with van der Waals surface area (Å²) in [5.74, 6) is 1.09. The van der Waals surface area contributed by atoms with E-state index in [2.05, 4.69) is 26.8 Å². The molecule has 116 valence electrons. The van der Waals surface area contributed by atoms with E-state index in [1.165, 1.54) is 18.4 Å². The van der Waals surface area contributed by atoms with Crippen LogP contribution in [0.5, 0.6) is 11.5 Å². The van der Waals surface area contributed by atoms with Gasteiger partial charge in [0.2, 0.25) is 0 Å². The highest BCUT2D eigenvalue weighted by atomic mass is 16.3. The molecule has 0 radical (unpaired) electrons. The Morgan fingerprint density at radius 3 is 2.43 bits per heavy atom. The summed E-state index contributed by atoms with van der Waals surface area (Å²) in [6, 6.07) is 3.68. The maximum atomic E-state index is 10.4. The van der Waals surface area contributed by atoms with Crippen LogP contribution in [0, 0.1) is 5.92 Å². The molecule has 1 aromatic carbocycles. The molecule has 0 amide bonds. The molecular weight excluding hydrogens is 260 g/mol. The Morgan fingerprint density at radius 1 is 1.14 bits per heavy atom. The molecule has 0 spiro atoms. The third-order valence-electron chi connectivity index (χ3n) is 4.67. The van der Waals surface area contributed by atoms with Crippen molar-refractivity contribution in [3.05, 3.63) is 34.9 Å². The summed E-state index contributed by atoms with van der Waals surface area (Å²) in [5.41, 5.74) is 3.09. The summed E-state index contributed by atoms with van der Waals surface area (Å²) in [4.78, 5) is 0. The molecule has 0 aliphatic heterocycles. The maximum absolute atomic E-state index is 10.4. The van der Waals surface area contributed by atoms with E-state index < -0.39 is 0 Å². The summed E-state index contributed by atoms with van der Waals surface area (Å²) < 4.78 is 0. The van der Waals surface area contributed by atoms with Crippen molar-refractivity contribution in [2.45, 2.75) is 65.2 Å². The minimum atomic E-state index is 0.128. The molecule has 1 aromatic rings. The molecule has 0 fully saturated rings. The summed E-state index contributed by atoms with van der Waals surface area (Å²) in [6.45, 7) is 6.50. The number of aromatic hydroxyl groups is 2. The molecule has 2 atom stereocenters. The third kappa shape index (κ3) is 3.81. The van der Waals surface area contributed by atoms with Gasteiger partial charge >= 0.3 is 0 Å². The zero-order valence-corrected chi connectivity index (χ0v) is 13.5. The lowest BCUT2D eigenvalue weighted by molar-refractivity contribution is 0.397. The van der Waals surface area contributed by atoms with Crippen LogP contribution < -0.4 is 0 Å². The number of phenols is 2. The van der Waals surface area contributed by atoms with Gasteiger partial charge in [0, 0.05) is 11.5 Å². The molecule has 0 saturated heterocycles. The molecule has 2 nitrogen and oxygen atoms in total. The molecule has 0 saturated carbocycles. The fraction of sp³-hybridized carbons (Fsp3) is 0.579. The Labute approximate surface area is 128 Å². The molecule has 2 rings (SSSR count). The molecule has 0 aromatic heterocycles. The first-order valence-corrected chi connectivity index (χ1v) is 8.25. The zero-order valence-electron chi connectivity index (χ0n) is 13.5. The van der Waals surface area contributed by atoms with Gasteiger partial charge in [-0.15, -0.1) is 0 Å². The van der Waals surface area contributed by atoms with Crippen molar-refractivity contribution in [1.29, 1.82) is 0 Å². The van der Waals surface area contributed by atoms with E-state index in [0.717, 1.165) is 31.2 Å². The lowest BCUT2D eigenvalue weighted by atomic mass is 9.77. The second-order valence-electron chi connectivity index (χ2n) is 6.56. The Hall–Kier alpha value is -1.44. The van der Waals surface area contributed by atoms with Crippen LogP contribution in [0.25, 0.3) is 0 Å². The van der Waals surface area contributed by atoms with Crippen LogP contribution in [0.15, 0.2) is 23.8 Å². The summed E-state index contributed by atoms with van der Waals surface area (Å²) in [6.07, 6.45) is 8.83. The van der Waals surface area contributed by atoms with Gasteiger partial charge in [0.15, 0.2) is 0 Å². The smallest absolute Gasteiger partial charge is 0.123 e. The second kappa shape index (κ2) is 7.02. The van der Waals surface area contributed by atoms with Gasteiger partial charge in [0.25, 0.3) is 0 Å². The first-order valence-electron chi connectivity index (χ1n) is 8.25. The van der Waals surface area contributed by atoms with E-state index in [0.29, 0.717) is 11.5 Å². The average molecular weight is 288 g/mol. The number of unbranched alkanes of at least 4 members (excludes halogenated alkanes) is 2. The van der Waals surface area contributed by atoms with E-state index in [4.69, 9.17) is 0 Å². The maximum Gasteiger partial charge on any atom is 0.123 e. The second-order valence-corrected chi connectivity index (χ2v) is 6.56. The first kappa shape index (κ1) is 15.9. The van der Waals surface area contributed by atoms with Crippen LogP contribution >= 0.6 is 0 Å². The Morgan fingerprint density at radius 2 is 1.81 bits per heavy atom. The van der Waals surface area contributed by atoms with Crippen LogP contribution in [0.1, 0.15) is 69.9 Å². The summed E-state index contributed by atoms with van der Waals surface area (Å²) in [5, 5.41) is 20.8. The van der Waals surface area contributed by atoms with Gasteiger partial charge in [-0.05, 0) is 56.2 Å². The van der Waals surface area contributed by atoms with E-state index in [9.17, 15) is 10.2 Å². The lowest BCUT2D eigenvalue weighted by Crippen LogP contribution is -2.13. The quantitative estimate of drug-likeness (QED) is 0.571. The predicted molar refractivity (Wildman–Crippen MR) is 87.9 cm³/mol. The van der Waals surface area contributed by atoms with E-state index in [-0.39, 0.29) is 17.4 Å². The Kier molecular flexibility index (Phi) is 5.33. The van der Waals surface area contributed by atoms with Gasteiger partial charge in [-0.2, -0.15) is 0 Å². The van der Waals surface area contributed by atoms with Gasteiger partial charge in [-0.25, -0.2) is 0 Å². The van der Waals surface area contributed by atoms with Crippen LogP contribution in [0.3, 0.4) is 0 Å². The van der Waals surface area contributed by atoms with Crippen molar-refractivity contribution in [2.24, 2.45) is 5.92 Å². The van der Waals surface area contributed by atoms with Crippen molar-refractivity contribution in [2.75, 3.05) is 0 Å². The van der Waals surface area contributed by atoms with Crippen LogP contribution in [0.2, 0.25) is 0 Å². The normalized spacial score (nSPS) is 22.1. The van der Waals surface area contributed by atoms with Crippen molar-refractivity contribution < 1.29 is 10.2 Å². The highest BCUT2D eigenvalue weighted by Gasteiger charge is 2.26. The van der Waals surface area contributed by atoms with Gasteiger partial charge in [0.1, 0.15) is 11.5 Å². The molecule has 0 heterocycles. The SMILES string of the molecule is CCCCCc1cc(O)c([C@@H]2C=C(C)CC[C@H]2C)c(O)c1. The summed E-state index contributed by atoms with van der Waals surface area (Å²) in [7, 11) is 0. The van der Waals surface area contributed by atoms with E-state index in [1.54, 1.807) is 0 Å². The minimum absolute atomic E-state index is 0.128. The third-order valence-corrected chi connectivity index (χ3v) is 4.67. The lowest BCUT2D eigenvalue weighted by Gasteiger charge is -2.28. The zero-order chi connectivity index (χ0) is 15.4. The van der Waals surface area contributed by atoms with E-state index >= 15 is 0 Å². The number of aryl methyl sites for hydroxylation is 1. The van der Waals surface area contributed by atoms with Gasteiger partial charge in [0.05, 0.1) is 0 Å². The molecule has 1 aliphatic carbocycles. The summed E-state index contributed by atoms with van der Waals surface area (Å²) >= 11 is 0. The van der Waals surface area contributed by atoms with Crippen molar-refractivity contribution in [1.82, 2.24) is 0 Å². The van der Waals surface area contributed by atoms with Gasteiger partial charge in [-0.1, -0.05) is 38.3 Å². The van der Waals surface area contributed by atoms with Gasteiger partial charge < -0.3 is 10.2 Å². The fourth-order valence-electron chi connectivity index (χ4n) is 3.30. The molecule has 0 bridgehead atoms. The molecule has 1 aliphatic rings. The van der Waals surface area contributed by atoms with Gasteiger partial charge in [-0.3, -0.25) is 0 Å². The number of phenolic OH excluding ortho intramolecular Hbond substituents is 2. The van der Waals surface area contributed by atoms with Crippen molar-refractivity contribution in [3.63, 3.8) is 0 Å². The van der Waals surface area contributed by atoms with Crippen LogP contribution in [0.4, 0.5) is 0 Å². The average Bonchev–Trinajstić information content (AvgIpc) is 2.42. The standard InChI is InChI=1S/C19H28O2/c1-4-5-6-7-15-11-17(20)19(18(21)12-15)16-10-13(2)8-9-14(16)3/h10-12,14,16,20-21H,4-9H2,1-3H3/t14-,16-/m1/s1. The van der Waals surface area contributed by atoms with Crippen molar-refractivity contribution >= 4 is 0 Å². The van der Waals surface area contributed by atoms with Crippen LogP contribution in [-0.2, 0) is 6.42 Å². The van der Waals surface area contributed by atoms with Crippen molar-refractivity contribution in [3.8, 4) is 11.5 Å². The highest BCUT2D eigenvalue weighted by Crippen LogP contribution is 2.44. The number of hydrogen-bond donors (Lipinski definition) is 2. The molecule has 2 heteroatoms. The Bertz CT molecular complexity index is 493. The topological polar surface area (TPSA) is 40.5 Å². The first-order chi connectivity index (χ1) is 10.0. The minimum Gasteiger partial charge on any atom is -0.507 e. The molecule has 0 unspecified atom stereocenters. The number of rotatable bonds is 5. The molecule has 2 N–H and O–H groups in total. The monoisotopic (exact) mass is 288 g/mol. The number of benzene rings is 1. The highest BCUT2D eigenvalue weighted by molar-refractivity contribution is 5.51. The largest absolute Gasteiger partial charge is 0.507 e. The predicted octanol–water partition coefficient (Wildman–Crippen LogP) is 5.29. The number of allylic oxidation sites excluding steroid dienone is 2. The molecular formula is C19H28O2. The molecule has 21 heavy (non-hydrogen) atoms. The number of hydrogen-bond acceptors (Lipinski definition) is 2. The fourth-order valence-corrected chi connectivity index (χ4v) is 3.30. The Balaban J connectivity index is 2.26. The van der Waals surface area contributed by atoms with E-state index in [1.807, 2.05) is 12.1 Å². The van der Waals surface area contributed by atoms with Crippen LogP contribution in [-0.4, -0.2) is 10.2 Å².